The summed E-state index contributed by atoms with van der Waals surface area (Å²) in [6, 6.07) is -0.0999. The molecule has 2 aromatic rings. The highest BCUT2D eigenvalue weighted by Crippen LogP contribution is 2.07. The Bertz CT molecular complexity index is 555. The summed E-state index contributed by atoms with van der Waals surface area (Å²) in [6.07, 6.45) is 3.14. The van der Waals surface area contributed by atoms with Crippen molar-refractivity contribution in [3.05, 3.63) is 17.0 Å². The zero-order chi connectivity index (χ0) is 11.5. The summed E-state index contributed by atoms with van der Waals surface area (Å²) in [4.78, 5) is 15.3. The second-order valence-corrected chi connectivity index (χ2v) is 3.84. The molecule has 0 aliphatic carbocycles. The Hall–Kier alpha value is -1.60. The number of nitrogens with zero attached hydrogens (tertiary/aromatic N) is 3. The van der Waals surface area contributed by atoms with Crippen LogP contribution in [0.1, 0.15) is 6.92 Å². The molecule has 84 valence electrons. The number of rotatable bonds is 3. The molecule has 0 radical (unpaired) electrons. The molecule has 1 atom stereocenters. The molecule has 2 aromatic heterocycles. The van der Waals surface area contributed by atoms with E-state index in [-0.39, 0.29) is 12.6 Å². The highest BCUT2D eigenvalue weighted by molar-refractivity contribution is 7.71. The van der Waals surface area contributed by atoms with Gasteiger partial charge in [0.1, 0.15) is 10.2 Å². The fourth-order valence-corrected chi connectivity index (χ4v) is 1.32. The highest BCUT2D eigenvalue weighted by Gasteiger charge is 2.04. The second kappa shape index (κ2) is 4.50. The van der Waals surface area contributed by atoms with Gasteiger partial charge < -0.3 is 15.4 Å². The molecule has 0 aliphatic heterocycles. The molecule has 0 bridgehead atoms. The first kappa shape index (κ1) is 10.9. The van der Waals surface area contributed by atoms with Crippen LogP contribution in [-0.2, 0) is 0 Å². The maximum absolute atomic E-state index is 8.90. The molecule has 2 heterocycles. The molecule has 0 saturated heterocycles. The smallest absolute Gasteiger partial charge is 0.225 e. The number of aromatic nitrogens is 4. The van der Waals surface area contributed by atoms with Gasteiger partial charge in [-0.15, -0.1) is 0 Å². The zero-order valence-electron chi connectivity index (χ0n) is 8.64. The van der Waals surface area contributed by atoms with Crippen molar-refractivity contribution in [2.24, 2.45) is 0 Å². The molecule has 3 N–H and O–H groups in total. The van der Waals surface area contributed by atoms with E-state index in [0.717, 1.165) is 0 Å². The van der Waals surface area contributed by atoms with Crippen molar-refractivity contribution < 1.29 is 5.11 Å². The highest BCUT2D eigenvalue weighted by atomic mass is 32.1. The average molecular weight is 237 g/mol. The van der Waals surface area contributed by atoms with Crippen molar-refractivity contribution in [2.45, 2.75) is 13.0 Å². The lowest BCUT2D eigenvalue weighted by Gasteiger charge is -2.10. The fraction of sp³-hybridized carbons (Fsp3) is 0.333. The number of anilines is 1. The molecule has 0 fully saturated rings. The Labute approximate surface area is 96.8 Å². The average Bonchev–Trinajstić information content (AvgIpc) is 2.28. The summed E-state index contributed by atoms with van der Waals surface area (Å²) in [6.45, 7) is 1.85. The van der Waals surface area contributed by atoms with Gasteiger partial charge in [0, 0.05) is 6.04 Å². The molecule has 0 amide bonds. The molecule has 0 aromatic carbocycles. The number of hydrogen-bond acceptors (Lipinski definition) is 6. The van der Waals surface area contributed by atoms with Gasteiger partial charge in [0.05, 0.1) is 19.0 Å². The summed E-state index contributed by atoms with van der Waals surface area (Å²) in [7, 11) is 0. The standard InChI is InChI=1S/C9H11N5OS/c1-5(4-15)12-9-11-2-6-8(14-9)13-7(16)3-10-6/h2-3,5,15H,4H2,1H3,(H2,11,12,13,14,16)/t5-/m1/s1. The Morgan fingerprint density at radius 1 is 1.50 bits per heavy atom. The number of aromatic amines is 1. The molecule has 0 unspecified atom stereocenters. The van der Waals surface area contributed by atoms with Crippen molar-refractivity contribution in [3.8, 4) is 0 Å². The first-order valence-electron chi connectivity index (χ1n) is 4.78. The lowest BCUT2D eigenvalue weighted by Crippen LogP contribution is -2.20. The van der Waals surface area contributed by atoms with Crippen LogP contribution in [0.3, 0.4) is 0 Å². The number of nitrogens with one attached hydrogen (secondary N) is 2. The van der Waals surface area contributed by atoms with Crippen molar-refractivity contribution in [1.82, 2.24) is 19.9 Å². The summed E-state index contributed by atoms with van der Waals surface area (Å²) >= 11 is 4.95. The Morgan fingerprint density at radius 2 is 2.31 bits per heavy atom. The third kappa shape index (κ3) is 2.31. The van der Waals surface area contributed by atoms with Crippen molar-refractivity contribution >= 4 is 29.3 Å². The third-order valence-corrected chi connectivity index (χ3v) is 2.19. The predicted molar refractivity (Wildman–Crippen MR) is 62.7 cm³/mol. The normalized spacial score (nSPS) is 12.6. The van der Waals surface area contributed by atoms with Gasteiger partial charge in [-0.25, -0.2) is 9.97 Å². The Kier molecular flexibility index (Phi) is 3.07. The van der Waals surface area contributed by atoms with E-state index in [1.807, 2.05) is 6.92 Å². The molecular formula is C9H11N5OS. The van der Waals surface area contributed by atoms with Gasteiger partial charge in [0.2, 0.25) is 5.95 Å². The van der Waals surface area contributed by atoms with Crippen LogP contribution in [0.2, 0.25) is 0 Å². The second-order valence-electron chi connectivity index (χ2n) is 3.40. The van der Waals surface area contributed by atoms with E-state index in [1.165, 1.54) is 0 Å². The maximum atomic E-state index is 8.90. The van der Waals surface area contributed by atoms with Crippen molar-refractivity contribution in [2.75, 3.05) is 11.9 Å². The third-order valence-electron chi connectivity index (χ3n) is 1.98. The van der Waals surface area contributed by atoms with Crippen LogP contribution in [0.15, 0.2) is 12.4 Å². The van der Waals surface area contributed by atoms with E-state index in [0.29, 0.717) is 21.8 Å². The Balaban J connectivity index is 2.39. The number of hydrogen-bond donors (Lipinski definition) is 3. The van der Waals surface area contributed by atoms with Crippen LogP contribution < -0.4 is 5.32 Å². The van der Waals surface area contributed by atoms with Gasteiger partial charge in [-0.05, 0) is 6.92 Å². The van der Waals surface area contributed by atoms with E-state index in [2.05, 4.69) is 25.3 Å². The fourth-order valence-electron chi connectivity index (χ4n) is 1.17. The topological polar surface area (TPSA) is 86.7 Å². The van der Waals surface area contributed by atoms with E-state index >= 15 is 0 Å². The van der Waals surface area contributed by atoms with Gasteiger partial charge in [-0.3, -0.25) is 0 Å². The summed E-state index contributed by atoms with van der Waals surface area (Å²) in [5, 5.41) is 11.8. The zero-order valence-corrected chi connectivity index (χ0v) is 9.45. The molecule has 2 rings (SSSR count). The van der Waals surface area contributed by atoms with Crippen molar-refractivity contribution in [1.29, 1.82) is 0 Å². The lowest BCUT2D eigenvalue weighted by atomic mass is 10.4. The van der Waals surface area contributed by atoms with E-state index in [1.54, 1.807) is 12.4 Å². The van der Waals surface area contributed by atoms with Crippen molar-refractivity contribution in [3.63, 3.8) is 0 Å². The monoisotopic (exact) mass is 237 g/mol. The Morgan fingerprint density at radius 3 is 3.06 bits per heavy atom. The van der Waals surface area contributed by atoms with Crippen LogP contribution >= 0.6 is 12.2 Å². The quantitative estimate of drug-likeness (QED) is 0.687. The van der Waals surface area contributed by atoms with Gasteiger partial charge in [0.25, 0.3) is 0 Å². The molecule has 0 saturated carbocycles. The van der Waals surface area contributed by atoms with Crippen LogP contribution in [0, 0.1) is 4.64 Å². The molecule has 0 spiro atoms. The first-order valence-corrected chi connectivity index (χ1v) is 5.19. The summed E-state index contributed by atoms with van der Waals surface area (Å²) in [5.74, 6) is 0.438. The van der Waals surface area contributed by atoms with E-state index < -0.39 is 0 Å². The molecular weight excluding hydrogens is 226 g/mol. The van der Waals surface area contributed by atoms with Gasteiger partial charge >= 0.3 is 0 Å². The van der Waals surface area contributed by atoms with Gasteiger partial charge in [-0.1, -0.05) is 12.2 Å². The summed E-state index contributed by atoms with van der Waals surface area (Å²) < 4.78 is 0.521. The number of fused-ring (bicyclic) bond motifs is 1. The van der Waals surface area contributed by atoms with E-state index in [9.17, 15) is 0 Å². The molecule has 7 heteroatoms. The van der Waals surface area contributed by atoms with Gasteiger partial charge in [0.15, 0.2) is 5.65 Å². The van der Waals surface area contributed by atoms with Crippen LogP contribution in [0.5, 0.6) is 0 Å². The number of aliphatic hydroxyl groups is 1. The SMILES string of the molecule is C[C@H](CO)Nc1ncc2ncc(=S)[nH]c2n1. The molecule has 16 heavy (non-hydrogen) atoms. The molecule has 6 nitrogen and oxygen atoms in total. The largest absolute Gasteiger partial charge is 0.394 e. The van der Waals surface area contributed by atoms with Crippen LogP contribution in [0.25, 0.3) is 11.2 Å². The van der Waals surface area contributed by atoms with E-state index in [4.69, 9.17) is 17.3 Å². The molecule has 0 aliphatic rings. The predicted octanol–water partition coefficient (Wildman–Crippen LogP) is 0.875. The number of aliphatic hydroxyl groups excluding tert-OH is 1. The number of H-pyrrole nitrogens is 1. The minimum absolute atomic E-state index is 0.0183. The minimum Gasteiger partial charge on any atom is -0.394 e. The van der Waals surface area contributed by atoms with Crippen LogP contribution in [0.4, 0.5) is 5.95 Å². The minimum atomic E-state index is -0.0999. The first-order chi connectivity index (χ1) is 7.69. The maximum Gasteiger partial charge on any atom is 0.225 e. The van der Waals surface area contributed by atoms with Gasteiger partial charge in [-0.2, -0.15) is 4.98 Å². The summed E-state index contributed by atoms with van der Waals surface area (Å²) in [5.41, 5.74) is 1.23. The lowest BCUT2D eigenvalue weighted by molar-refractivity contribution is 0.281. The van der Waals surface area contributed by atoms with Crippen LogP contribution in [-0.4, -0.2) is 37.7 Å².